The summed E-state index contributed by atoms with van der Waals surface area (Å²) in [6, 6.07) is 0. The van der Waals surface area contributed by atoms with Crippen molar-refractivity contribution >= 4 is 27.0 Å². The molecule has 0 radical (unpaired) electrons. The molecule has 0 amide bonds. The van der Waals surface area contributed by atoms with E-state index in [0.29, 0.717) is 0 Å². The first kappa shape index (κ1) is 11.0. The second-order valence-electron chi connectivity index (χ2n) is 4.90. The average Bonchev–Trinajstić information content (AvgIpc) is 1.59. The van der Waals surface area contributed by atoms with Gasteiger partial charge in [-0.2, -0.15) is 0 Å². The first-order chi connectivity index (χ1) is 4.15. The third-order valence-corrected chi connectivity index (χ3v) is 25.1. The number of nitrogens with zero attached hydrogens (tertiary/aromatic N) is 1. The molecule has 0 aliphatic rings. The van der Waals surface area contributed by atoms with Crippen LogP contribution in [0.5, 0.6) is 0 Å². The van der Waals surface area contributed by atoms with Gasteiger partial charge in [-0.3, -0.25) is 0 Å². The Kier molecular flexibility index (Phi) is 3.53. The summed E-state index contributed by atoms with van der Waals surface area (Å²) < 4.78 is 2.75. The van der Waals surface area contributed by atoms with Crippen molar-refractivity contribution in [3.63, 3.8) is 0 Å². The first-order valence-corrected chi connectivity index (χ1v) is 18.4. The van der Waals surface area contributed by atoms with Gasteiger partial charge in [0.2, 0.25) is 0 Å². The SMILES string of the molecule is C[N]([Ge]([CH3])([CH3])[CH3])[Ge]([CH3])([CH3])[CH3]. The standard InChI is InChI=1S/C7H21Ge2N/c1-8(2,3)10(7)9(4,5)6/h1-7H3. The average molecular weight is 264 g/mol. The van der Waals surface area contributed by atoms with Gasteiger partial charge in [0.15, 0.2) is 0 Å². The van der Waals surface area contributed by atoms with Gasteiger partial charge in [-0.1, -0.05) is 0 Å². The van der Waals surface area contributed by atoms with Gasteiger partial charge in [0.1, 0.15) is 0 Å². The van der Waals surface area contributed by atoms with Crippen molar-refractivity contribution in [3.05, 3.63) is 0 Å². The number of rotatable bonds is 2. The summed E-state index contributed by atoms with van der Waals surface area (Å²) in [5.41, 5.74) is 0. The Morgan fingerprint density at radius 1 is 0.700 bits per heavy atom. The molecule has 10 heavy (non-hydrogen) atoms. The fourth-order valence-electron chi connectivity index (χ4n) is 1.01. The van der Waals surface area contributed by atoms with Crippen molar-refractivity contribution in [2.24, 2.45) is 0 Å². The Labute approximate surface area is 71.3 Å². The van der Waals surface area contributed by atoms with Crippen LogP contribution in [0.3, 0.4) is 0 Å². The predicted octanol–water partition coefficient (Wildman–Crippen LogP) is 2.59. The van der Waals surface area contributed by atoms with Crippen LogP contribution in [0.2, 0.25) is 34.5 Å². The molecule has 1 nitrogen and oxygen atoms in total. The van der Waals surface area contributed by atoms with Gasteiger partial charge in [0.25, 0.3) is 0 Å². The fraction of sp³-hybridized carbons (Fsp3) is 1.00. The quantitative estimate of drug-likeness (QED) is 0.693. The van der Waals surface area contributed by atoms with Crippen LogP contribution >= 0.6 is 0 Å². The van der Waals surface area contributed by atoms with Gasteiger partial charge in [0.05, 0.1) is 0 Å². The van der Waals surface area contributed by atoms with Crippen LogP contribution in [-0.4, -0.2) is 36.8 Å². The molecule has 0 atom stereocenters. The van der Waals surface area contributed by atoms with E-state index >= 15 is 0 Å². The van der Waals surface area contributed by atoms with Crippen LogP contribution in [0, 0.1) is 0 Å². The van der Waals surface area contributed by atoms with Crippen LogP contribution < -0.4 is 0 Å². The van der Waals surface area contributed by atoms with E-state index < -0.39 is 27.0 Å². The van der Waals surface area contributed by atoms with Crippen molar-refractivity contribution < 1.29 is 0 Å². The van der Waals surface area contributed by atoms with Crippen molar-refractivity contribution in [2.75, 3.05) is 7.05 Å². The summed E-state index contributed by atoms with van der Waals surface area (Å²) in [7, 11) is 2.33. The van der Waals surface area contributed by atoms with Crippen LogP contribution in [0.1, 0.15) is 0 Å². The Morgan fingerprint density at radius 2 is 0.900 bits per heavy atom. The molecule has 0 aromatic heterocycles. The Morgan fingerprint density at radius 3 is 0.900 bits per heavy atom. The maximum absolute atomic E-state index is 2.75. The number of hydrogen-bond donors (Lipinski definition) is 0. The number of hydrogen-bond acceptors (Lipinski definition) is 1. The van der Waals surface area contributed by atoms with Crippen molar-refractivity contribution in [3.8, 4) is 0 Å². The Hall–Kier alpha value is 1.05. The summed E-state index contributed by atoms with van der Waals surface area (Å²) in [5, 5.41) is 0. The summed E-state index contributed by atoms with van der Waals surface area (Å²) in [5.74, 6) is 14.8. The zero-order valence-electron chi connectivity index (χ0n) is 8.45. The molecule has 0 aliphatic heterocycles. The van der Waals surface area contributed by atoms with E-state index in [1.54, 1.807) is 0 Å². The molecule has 0 fully saturated rings. The van der Waals surface area contributed by atoms with E-state index in [1.165, 1.54) is 0 Å². The molecule has 0 aliphatic carbocycles. The molecule has 0 heterocycles. The molecule has 0 saturated heterocycles. The van der Waals surface area contributed by atoms with E-state index in [-0.39, 0.29) is 0 Å². The minimum absolute atomic E-state index is 1.45. The monoisotopic (exact) mass is 267 g/mol. The maximum atomic E-state index is 2.75. The van der Waals surface area contributed by atoms with Crippen molar-refractivity contribution in [1.82, 2.24) is 2.81 Å². The first-order valence-electron chi connectivity index (χ1n) is 3.89. The molecule has 0 bridgehead atoms. The van der Waals surface area contributed by atoms with Gasteiger partial charge in [0, 0.05) is 0 Å². The summed E-state index contributed by atoms with van der Waals surface area (Å²) in [4.78, 5) is 0. The Bertz CT molecular complexity index is 95.8. The molecule has 3 heteroatoms. The molecule has 0 rings (SSSR count). The van der Waals surface area contributed by atoms with Crippen LogP contribution in [0.25, 0.3) is 0 Å². The van der Waals surface area contributed by atoms with Gasteiger partial charge in [-0.05, 0) is 0 Å². The Balaban J connectivity index is 4.23. The van der Waals surface area contributed by atoms with Gasteiger partial charge in [-0.25, -0.2) is 0 Å². The van der Waals surface area contributed by atoms with E-state index in [4.69, 9.17) is 0 Å². The molecule has 0 aromatic rings. The van der Waals surface area contributed by atoms with E-state index in [1.807, 2.05) is 0 Å². The van der Waals surface area contributed by atoms with E-state index in [9.17, 15) is 0 Å². The van der Waals surface area contributed by atoms with E-state index in [0.717, 1.165) is 0 Å². The second kappa shape index (κ2) is 3.19. The molecule has 0 saturated carbocycles. The van der Waals surface area contributed by atoms with Crippen LogP contribution in [-0.2, 0) is 0 Å². The normalized spacial score (nSPS) is 14.4. The molecule has 0 unspecified atom stereocenters. The third kappa shape index (κ3) is 3.44. The topological polar surface area (TPSA) is 3.24 Å². The van der Waals surface area contributed by atoms with Gasteiger partial charge in [-0.15, -0.1) is 0 Å². The summed E-state index contributed by atoms with van der Waals surface area (Å²) >= 11 is -2.90. The van der Waals surface area contributed by atoms with Crippen molar-refractivity contribution in [2.45, 2.75) is 34.5 Å². The third-order valence-electron chi connectivity index (χ3n) is 2.01. The molecule has 0 spiro atoms. The van der Waals surface area contributed by atoms with Gasteiger partial charge < -0.3 is 0 Å². The van der Waals surface area contributed by atoms with Crippen LogP contribution in [0.4, 0.5) is 0 Å². The predicted molar refractivity (Wildman–Crippen MR) is 54.5 cm³/mol. The zero-order chi connectivity index (χ0) is 8.58. The van der Waals surface area contributed by atoms with E-state index in [2.05, 4.69) is 44.4 Å². The summed E-state index contributed by atoms with van der Waals surface area (Å²) in [6.07, 6.45) is 0. The van der Waals surface area contributed by atoms with Gasteiger partial charge >= 0.3 is 71.4 Å². The molecular weight excluding hydrogens is 243 g/mol. The second-order valence-corrected chi connectivity index (χ2v) is 27.9. The van der Waals surface area contributed by atoms with Crippen LogP contribution in [0.15, 0.2) is 0 Å². The molecular formula is C7H21Ge2N. The minimum atomic E-state index is -1.45. The molecule has 62 valence electrons. The van der Waals surface area contributed by atoms with Crippen molar-refractivity contribution in [1.29, 1.82) is 0 Å². The molecule has 0 aromatic carbocycles. The molecule has 0 N–H and O–H groups in total. The summed E-state index contributed by atoms with van der Waals surface area (Å²) in [6.45, 7) is 0. The zero-order valence-corrected chi connectivity index (χ0v) is 12.6. The fourth-order valence-corrected chi connectivity index (χ4v) is 27.2.